The molecule has 0 aliphatic rings. The Balaban J connectivity index is 2.25. The lowest BCUT2D eigenvalue weighted by atomic mass is 10.3. The van der Waals surface area contributed by atoms with Gasteiger partial charge >= 0.3 is 0 Å². The lowest BCUT2D eigenvalue weighted by Gasteiger charge is -1.97. The van der Waals surface area contributed by atoms with E-state index in [0.29, 0.717) is 11.3 Å². The average molecular weight is 263 g/mol. The van der Waals surface area contributed by atoms with E-state index >= 15 is 0 Å². The molecule has 5 heteroatoms. The summed E-state index contributed by atoms with van der Waals surface area (Å²) in [6.07, 6.45) is 8.51. The van der Waals surface area contributed by atoms with E-state index in [0.717, 1.165) is 5.56 Å². The molecule has 0 unspecified atom stereocenters. The van der Waals surface area contributed by atoms with Crippen LogP contribution in [0.5, 0.6) is 0 Å². The highest BCUT2D eigenvalue weighted by Gasteiger charge is 1.97. The van der Waals surface area contributed by atoms with Crippen molar-refractivity contribution in [3.8, 4) is 17.8 Å². The number of hydrogen-bond donors (Lipinski definition) is 0. The second-order valence-corrected chi connectivity index (χ2v) is 3.24. The molecule has 74 valence electrons. The van der Waals surface area contributed by atoms with Crippen LogP contribution in [0.1, 0.15) is 5.56 Å². The summed E-state index contributed by atoms with van der Waals surface area (Å²) in [7, 11) is 0. The van der Waals surface area contributed by atoms with E-state index in [1.165, 1.54) is 0 Å². The summed E-state index contributed by atoms with van der Waals surface area (Å²) >= 11 is 3.23. The van der Waals surface area contributed by atoms with Crippen molar-refractivity contribution in [3.05, 3.63) is 36.7 Å². The predicted octanol–water partition coefficient (Wildman–Crippen LogP) is 1.41. The van der Waals surface area contributed by atoms with Crippen LogP contribution in [0.4, 0.5) is 0 Å². The van der Waals surface area contributed by atoms with Gasteiger partial charge < -0.3 is 0 Å². The third kappa shape index (κ3) is 2.42. The Hall–Kier alpha value is -1.67. The van der Waals surface area contributed by atoms with E-state index < -0.39 is 0 Å². The maximum absolute atomic E-state index is 4.17. The minimum absolute atomic E-state index is 0.594. The summed E-state index contributed by atoms with van der Waals surface area (Å²) < 4.78 is 1.74. The molecule has 0 N–H and O–H groups in total. The second kappa shape index (κ2) is 4.71. The van der Waals surface area contributed by atoms with E-state index in [-0.39, 0.29) is 0 Å². The molecule has 15 heavy (non-hydrogen) atoms. The molecule has 0 fully saturated rings. The summed E-state index contributed by atoms with van der Waals surface area (Å²) in [4.78, 5) is 12.3. The second-order valence-electron chi connectivity index (χ2n) is 2.68. The van der Waals surface area contributed by atoms with E-state index in [9.17, 15) is 0 Å². The summed E-state index contributed by atoms with van der Waals surface area (Å²) in [5.74, 6) is 6.40. The van der Waals surface area contributed by atoms with Gasteiger partial charge in [0.2, 0.25) is 5.95 Å². The van der Waals surface area contributed by atoms with E-state index in [2.05, 4.69) is 42.7 Å². The molecular formula is C10H7BrN4. The normalized spacial score (nSPS) is 9.40. The SMILES string of the molecule is BrCC#Cc1cnc(-n2ccnc2)nc1. The molecule has 0 amide bonds. The fourth-order valence-corrected chi connectivity index (χ4v) is 1.17. The number of rotatable bonds is 1. The van der Waals surface area contributed by atoms with Crippen molar-refractivity contribution in [2.24, 2.45) is 0 Å². The third-order valence-electron chi connectivity index (χ3n) is 1.67. The fraction of sp³-hybridized carbons (Fsp3) is 0.100. The first-order chi connectivity index (χ1) is 7.40. The van der Waals surface area contributed by atoms with Gasteiger partial charge in [0.25, 0.3) is 0 Å². The van der Waals surface area contributed by atoms with Gasteiger partial charge in [-0.15, -0.1) is 0 Å². The first kappa shape index (κ1) is 9.87. The molecule has 0 aliphatic heterocycles. The van der Waals surface area contributed by atoms with Crippen LogP contribution >= 0.6 is 15.9 Å². The monoisotopic (exact) mass is 262 g/mol. The molecule has 2 rings (SSSR count). The van der Waals surface area contributed by atoms with Crippen LogP contribution in [0.2, 0.25) is 0 Å². The van der Waals surface area contributed by atoms with Crippen molar-refractivity contribution in [1.82, 2.24) is 19.5 Å². The highest BCUT2D eigenvalue weighted by atomic mass is 79.9. The number of alkyl halides is 1. The highest BCUT2D eigenvalue weighted by Crippen LogP contribution is 1.99. The van der Waals surface area contributed by atoms with Gasteiger partial charge in [0.05, 0.1) is 10.9 Å². The van der Waals surface area contributed by atoms with Gasteiger partial charge in [0.15, 0.2) is 0 Å². The van der Waals surface area contributed by atoms with Gasteiger partial charge in [-0.2, -0.15) is 0 Å². The average Bonchev–Trinajstić information content (AvgIpc) is 2.80. The minimum atomic E-state index is 0.594. The van der Waals surface area contributed by atoms with Crippen LogP contribution in [-0.2, 0) is 0 Å². The Kier molecular flexibility index (Phi) is 3.10. The molecule has 2 aromatic heterocycles. The van der Waals surface area contributed by atoms with Crippen LogP contribution < -0.4 is 0 Å². The number of hydrogen-bond acceptors (Lipinski definition) is 3. The van der Waals surface area contributed by atoms with Crippen molar-refractivity contribution in [1.29, 1.82) is 0 Å². The lowest BCUT2D eigenvalue weighted by Crippen LogP contribution is -1.97. The zero-order chi connectivity index (χ0) is 10.5. The summed E-state index contributed by atoms with van der Waals surface area (Å²) in [5.41, 5.74) is 0.804. The molecule has 0 saturated carbocycles. The Labute approximate surface area is 95.5 Å². The maximum atomic E-state index is 4.17. The number of nitrogens with zero attached hydrogens (tertiary/aromatic N) is 4. The molecule has 2 heterocycles. The highest BCUT2D eigenvalue weighted by molar-refractivity contribution is 9.09. The Morgan fingerprint density at radius 2 is 2.13 bits per heavy atom. The predicted molar refractivity (Wildman–Crippen MR) is 59.8 cm³/mol. The van der Waals surface area contributed by atoms with Crippen molar-refractivity contribution in [2.75, 3.05) is 5.33 Å². The molecule has 0 aliphatic carbocycles. The Morgan fingerprint density at radius 3 is 2.73 bits per heavy atom. The first-order valence-electron chi connectivity index (χ1n) is 4.25. The van der Waals surface area contributed by atoms with Gasteiger partial charge in [-0.05, 0) is 0 Å². The van der Waals surface area contributed by atoms with Gasteiger partial charge in [-0.3, -0.25) is 4.57 Å². The van der Waals surface area contributed by atoms with E-state index in [1.807, 2.05) is 0 Å². The molecule has 2 aromatic rings. The van der Waals surface area contributed by atoms with Gasteiger partial charge in [-0.25, -0.2) is 15.0 Å². The number of aromatic nitrogens is 4. The van der Waals surface area contributed by atoms with Crippen LogP contribution in [0.25, 0.3) is 5.95 Å². The zero-order valence-corrected chi connectivity index (χ0v) is 9.35. The molecule has 4 nitrogen and oxygen atoms in total. The molecule has 0 atom stereocenters. The quantitative estimate of drug-likeness (QED) is 0.577. The summed E-state index contributed by atoms with van der Waals surface area (Å²) in [5, 5.41) is 0.649. The molecule has 0 radical (unpaired) electrons. The molecule has 0 saturated heterocycles. The molecule has 0 spiro atoms. The largest absolute Gasteiger partial charge is 0.274 e. The van der Waals surface area contributed by atoms with E-state index in [4.69, 9.17) is 0 Å². The molecule has 0 aromatic carbocycles. The first-order valence-corrected chi connectivity index (χ1v) is 5.37. The fourth-order valence-electron chi connectivity index (χ4n) is 1.03. The Bertz CT molecular complexity index is 478. The summed E-state index contributed by atoms with van der Waals surface area (Å²) in [6, 6.07) is 0. The van der Waals surface area contributed by atoms with Crippen LogP contribution in [0.15, 0.2) is 31.1 Å². The van der Waals surface area contributed by atoms with Crippen LogP contribution in [0.3, 0.4) is 0 Å². The lowest BCUT2D eigenvalue weighted by molar-refractivity contribution is 0.923. The molecular weight excluding hydrogens is 256 g/mol. The van der Waals surface area contributed by atoms with Crippen molar-refractivity contribution >= 4 is 15.9 Å². The molecule has 0 bridgehead atoms. The van der Waals surface area contributed by atoms with Crippen LogP contribution in [0, 0.1) is 11.8 Å². The van der Waals surface area contributed by atoms with Crippen molar-refractivity contribution < 1.29 is 0 Å². The minimum Gasteiger partial charge on any atom is -0.274 e. The maximum Gasteiger partial charge on any atom is 0.234 e. The van der Waals surface area contributed by atoms with Gasteiger partial charge in [-0.1, -0.05) is 27.8 Å². The number of halogens is 1. The third-order valence-corrected chi connectivity index (χ3v) is 1.95. The standard InChI is InChI=1S/C10H7BrN4/c11-3-1-2-9-6-13-10(14-7-9)15-5-4-12-8-15/h4-8H,3H2. The van der Waals surface area contributed by atoms with Crippen molar-refractivity contribution in [3.63, 3.8) is 0 Å². The van der Waals surface area contributed by atoms with E-state index in [1.54, 1.807) is 35.7 Å². The summed E-state index contributed by atoms with van der Waals surface area (Å²) in [6.45, 7) is 0. The zero-order valence-electron chi connectivity index (χ0n) is 7.76. The van der Waals surface area contributed by atoms with Crippen molar-refractivity contribution in [2.45, 2.75) is 0 Å². The Morgan fingerprint density at radius 1 is 1.33 bits per heavy atom. The topological polar surface area (TPSA) is 43.6 Å². The van der Waals surface area contributed by atoms with Gasteiger partial charge in [0, 0.05) is 24.8 Å². The number of imidazole rings is 1. The van der Waals surface area contributed by atoms with Crippen LogP contribution in [-0.4, -0.2) is 24.8 Å². The van der Waals surface area contributed by atoms with Gasteiger partial charge in [0.1, 0.15) is 6.33 Å². The smallest absolute Gasteiger partial charge is 0.234 e.